The van der Waals surface area contributed by atoms with Gasteiger partial charge in [-0.15, -0.1) is 11.8 Å². The first-order valence-electron chi connectivity index (χ1n) is 5.91. The van der Waals surface area contributed by atoms with Crippen molar-refractivity contribution >= 4 is 38.7 Å². The molecule has 20 heavy (non-hydrogen) atoms. The standard InChI is InChI=1S/C14H16N2O2S2/c1-19-11-5-3-4-10(8-11)16-14-7-6-12(9-13(14)15)20(2,17)18/h3-9,16H,15H2,1-2H3. The van der Waals surface area contributed by atoms with E-state index in [1.165, 1.54) is 6.07 Å². The summed E-state index contributed by atoms with van der Waals surface area (Å²) in [6.07, 6.45) is 3.17. The summed E-state index contributed by atoms with van der Waals surface area (Å²) in [5.41, 5.74) is 7.91. The van der Waals surface area contributed by atoms with Crippen LogP contribution in [0.3, 0.4) is 0 Å². The van der Waals surface area contributed by atoms with Gasteiger partial charge in [-0.2, -0.15) is 0 Å². The summed E-state index contributed by atoms with van der Waals surface area (Å²) in [6.45, 7) is 0. The molecule has 0 saturated carbocycles. The van der Waals surface area contributed by atoms with Gasteiger partial charge in [0.1, 0.15) is 0 Å². The van der Waals surface area contributed by atoms with Gasteiger partial charge >= 0.3 is 0 Å². The van der Waals surface area contributed by atoms with E-state index >= 15 is 0 Å². The molecule has 0 aliphatic heterocycles. The number of nitrogens with one attached hydrogen (secondary N) is 1. The molecule has 0 radical (unpaired) electrons. The molecule has 0 aliphatic carbocycles. The summed E-state index contributed by atoms with van der Waals surface area (Å²) in [6, 6.07) is 12.6. The van der Waals surface area contributed by atoms with Gasteiger partial charge < -0.3 is 11.1 Å². The zero-order chi connectivity index (χ0) is 14.8. The van der Waals surface area contributed by atoms with Crippen molar-refractivity contribution in [3.8, 4) is 0 Å². The molecule has 0 aromatic heterocycles. The first-order valence-corrected chi connectivity index (χ1v) is 9.02. The fourth-order valence-electron chi connectivity index (χ4n) is 1.74. The van der Waals surface area contributed by atoms with Gasteiger partial charge in [0.2, 0.25) is 0 Å². The number of sulfone groups is 1. The van der Waals surface area contributed by atoms with Crippen LogP contribution in [0.2, 0.25) is 0 Å². The maximum absolute atomic E-state index is 11.5. The molecule has 6 heteroatoms. The second-order valence-corrected chi connectivity index (χ2v) is 7.27. The molecule has 2 rings (SSSR count). The van der Waals surface area contributed by atoms with Gasteiger partial charge in [0.25, 0.3) is 0 Å². The molecule has 0 saturated heterocycles. The van der Waals surface area contributed by atoms with Crippen LogP contribution >= 0.6 is 11.8 Å². The molecule has 0 aliphatic rings. The van der Waals surface area contributed by atoms with Gasteiger partial charge in [-0.1, -0.05) is 6.07 Å². The lowest BCUT2D eigenvalue weighted by atomic mass is 10.2. The minimum atomic E-state index is -3.24. The molecule has 0 heterocycles. The minimum Gasteiger partial charge on any atom is -0.397 e. The maximum Gasteiger partial charge on any atom is 0.175 e. The van der Waals surface area contributed by atoms with Gasteiger partial charge in [0, 0.05) is 16.8 Å². The van der Waals surface area contributed by atoms with E-state index in [2.05, 4.69) is 5.32 Å². The molecule has 4 nitrogen and oxygen atoms in total. The third-order valence-electron chi connectivity index (χ3n) is 2.80. The van der Waals surface area contributed by atoms with E-state index in [-0.39, 0.29) is 4.90 Å². The summed E-state index contributed by atoms with van der Waals surface area (Å²) in [5.74, 6) is 0. The van der Waals surface area contributed by atoms with E-state index in [4.69, 9.17) is 5.73 Å². The molecular formula is C14H16N2O2S2. The number of hydrogen-bond donors (Lipinski definition) is 2. The summed E-state index contributed by atoms with van der Waals surface area (Å²) in [5, 5.41) is 3.19. The third kappa shape index (κ3) is 3.46. The summed E-state index contributed by atoms with van der Waals surface area (Å²) >= 11 is 1.65. The normalized spacial score (nSPS) is 11.3. The maximum atomic E-state index is 11.5. The zero-order valence-electron chi connectivity index (χ0n) is 11.3. The van der Waals surface area contributed by atoms with Crippen LogP contribution in [0.5, 0.6) is 0 Å². The predicted octanol–water partition coefficient (Wildman–Crippen LogP) is 3.14. The molecular weight excluding hydrogens is 292 g/mol. The van der Waals surface area contributed by atoms with Crippen LogP contribution < -0.4 is 11.1 Å². The largest absolute Gasteiger partial charge is 0.397 e. The van der Waals surface area contributed by atoms with Crippen LogP contribution in [0.4, 0.5) is 17.1 Å². The molecule has 106 valence electrons. The van der Waals surface area contributed by atoms with Crippen molar-refractivity contribution in [3.63, 3.8) is 0 Å². The van der Waals surface area contributed by atoms with E-state index in [9.17, 15) is 8.42 Å². The van der Waals surface area contributed by atoms with Gasteiger partial charge in [-0.3, -0.25) is 0 Å². The van der Waals surface area contributed by atoms with Crippen molar-refractivity contribution in [2.24, 2.45) is 0 Å². The topological polar surface area (TPSA) is 72.2 Å². The Labute approximate surface area is 123 Å². The average Bonchev–Trinajstić information content (AvgIpc) is 2.40. The number of rotatable bonds is 4. The highest BCUT2D eigenvalue weighted by atomic mass is 32.2. The molecule has 0 unspecified atom stereocenters. The SMILES string of the molecule is CSc1cccc(Nc2ccc(S(C)(=O)=O)cc2N)c1. The van der Waals surface area contributed by atoms with Crippen LogP contribution in [0.15, 0.2) is 52.3 Å². The quantitative estimate of drug-likeness (QED) is 0.670. The Kier molecular flexibility index (Phi) is 4.25. The molecule has 0 spiro atoms. The number of nitrogens with two attached hydrogens (primary N) is 1. The monoisotopic (exact) mass is 308 g/mol. The van der Waals surface area contributed by atoms with E-state index in [0.29, 0.717) is 11.4 Å². The molecule has 0 fully saturated rings. The van der Waals surface area contributed by atoms with Crippen LogP contribution in [0.1, 0.15) is 0 Å². The number of hydrogen-bond acceptors (Lipinski definition) is 5. The van der Waals surface area contributed by atoms with Crippen LogP contribution in [-0.2, 0) is 9.84 Å². The van der Waals surface area contributed by atoms with Crippen LogP contribution in [0, 0.1) is 0 Å². The average molecular weight is 308 g/mol. The lowest BCUT2D eigenvalue weighted by Gasteiger charge is -2.11. The van der Waals surface area contributed by atoms with Crippen molar-refractivity contribution < 1.29 is 8.42 Å². The Morgan fingerprint density at radius 3 is 2.50 bits per heavy atom. The lowest BCUT2D eigenvalue weighted by Crippen LogP contribution is -2.01. The van der Waals surface area contributed by atoms with Gasteiger partial charge in [-0.05, 0) is 42.7 Å². The Hall–Kier alpha value is -1.66. The zero-order valence-corrected chi connectivity index (χ0v) is 12.9. The van der Waals surface area contributed by atoms with Gasteiger partial charge in [0.15, 0.2) is 9.84 Å². The van der Waals surface area contributed by atoms with Gasteiger partial charge in [0.05, 0.1) is 16.3 Å². The highest BCUT2D eigenvalue weighted by molar-refractivity contribution is 7.98. The van der Waals surface area contributed by atoms with Crippen molar-refractivity contribution in [2.45, 2.75) is 9.79 Å². The molecule has 0 amide bonds. The number of benzene rings is 2. The fraction of sp³-hybridized carbons (Fsp3) is 0.143. The highest BCUT2D eigenvalue weighted by Gasteiger charge is 2.09. The van der Waals surface area contributed by atoms with Crippen molar-refractivity contribution in [1.82, 2.24) is 0 Å². The van der Waals surface area contributed by atoms with Crippen molar-refractivity contribution in [1.29, 1.82) is 0 Å². The summed E-state index contributed by atoms with van der Waals surface area (Å²) < 4.78 is 22.9. The third-order valence-corrected chi connectivity index (χ3v) is 4.64. The Morgan fingerprint density at radius 1 is 1.15 bits per heavy atom. The van der Waals surface area contributed by atoms with E-state index in [0.717, 1.165) is 16.8 Å². The Bertz CT molecular complexity index is 728. The molecule has 2 aromatic rings. The Balaban J connectivity index is 2.30. The first kappa shape index (κ1) is 14.7. The summed E-state index contributed by atoms with van der Waals surface area (Å²) in [7, 11) is -3.24. The van der Waals surface area contributed by atoms with E-state index in [1.54, 1.807) is 23.9 Å². The van der Waals surface area contributed by atoms with E-state index < -0.39 is 9.84 Å². The summed E-state index contributed by atoms with van der Waals surface area (Å²) in [4.78, 5) is 1.36. The van der Waals surface area contributed by atoms with Crippen LogP contribution in [-0.4, -0.2) is 20.9 Å². The number of thioether (sulfide) groups is 1. The Morgan fingerprint density at radius 2 is 1.90 bits per heavy atom. The second-order valence-electron chi connectivity index (χ2n) is 4.38. The van der Waals surface area contributed by atoms with Crippen LogP contribution in [0.25, 0.3) is 0 Å². The number of anilines is 3. The first-order chi connectivity index (χ1) is 9.40. The number of nitrogen functional groups attached to an aromatic ring is 1. The predicted molar refractivity (Wildman–Crippen MR) is 85.5 cm³/mol. The molecule has 0 atom stereocenters. The second kappa shape index (κ2) is 5.76. The molecule has 2 aromatic carbocycles. The van der Waals surface area contributed by atoms with Crippen molar-refractivity contribution in [3.05, 3.63) is 42.5 Å². The fourth-order valence-corrected chi connectivity index (χ4v) is 2.86. The van der Waals surface area contributed by atoms with E-state index in [1.807, 2.05) is 30.5 Å². The molecule has 3 N–H and O–H groups in total. The highest BCUT2D eigenvalue weighted by Crippen LogP contribution is 2.27. The molecule has 0 bridgehead atoms. The lowest BCUT2D eigenvalue weighted by molar-refractivity contribution is 0.602. The van der Waals surface area contributed by atoms with Gasteiger partial charge in [-0.25, -0.2) is 8.42 Å². The smallest absolute Gasteiger partial charge is 0.175 e. The minimum absolute atomic E-state index is 0.221. The van der Waals surface area contributed by atoms with Crippen molar-refractivity contribution in [2.75, 3.05) is 23.6 Å².